The molecule has 0 saturated carbocycles. The number of benzene rings is 3. The number of nitriles is 1. The van der Waals surface area contributed by atoms with Crippen LogP contribution in [-0.2, 0) is 0 Å². The van der Waals surface area contributed by atoms with Gasteiger partial charge in [0.2, 0.25) is 5.88 Å². The minimum Gasteiger partial charge on any atom is -0.494 e. The Balaban J connectivity index is 1.43. The molecule has 3 aromatic carbocycles. The average molecular weight is 580 g/mol. The van der Waals surface area contributed by atoms with E-state index in [-0.39, 0.29) is 16.5 Å². The first-order chi connectivity index (χ1) is 18.7. The summed E-state index contributed by atoms with van der Waals surface area (Å²) < 4.78 is 18.2. The van der Waals surface area contributed by atoms with Crippen molar-refractivity contribution in [1.29, 1.82) is 5.26 Å². The third-order valence-electron chi connectivity index (χ3n) is 6.33. The monoisotopic (exact) mass is 578 g/mol. The number of hydrogen-bond acceptors (Lipinski definition) is 7. The normalized spacial score (nSPS) is 14.6. The van der Waals surface area contributed by atoms with Crippen LogP contribution in [0.1, 0.15) is 47.0 Å². The van der Waals surface area contributed by atoms with Gasteiger partial charge in [0.25, 0.3) is 0 Å². The fourth-order valence-electron chi connectivity index (χ4n) is 4.36. The van der Waals surface area contributed by atoms with Crippen LogP contribution in [-0.4, -0.2) is 12.6 Å². The standard InChI is InChI=1S/C30H24Cl2N2O4S/c1-16(2)10-11-36-19-5-3-4-17(12-19)26-21-9-7-20(14-24(21)38-29(34)23(26)15-33)37-30(35)28-27(32)22-8-6-18(31)13-25(22)39-28/h3-9,12-14,16,26H,10-11,34H2,1-2H3. The molecule has 1 aliphatic heterocycles. The van der Waals surface area contributed by atoms with E-state index in [9.17, 15) is 10.1 Å². The van der Waals surface area contributed by atoms with E-state index in [0.717, 1.165) is 27.6 Å². The fourth-order valence-corrected chi connectivity index (χ4v) is 6.02. The smallest absolute Gasteiger partial charge is 0.355 e. The number of nitrogens with two attached hydrogens (primary N) is 1. The summed E-state index contributed by atoms with van der Waals surface area (Å²) in [7, 11) is 0. The van der Waals surface area contributed by atoms with Crippen molar-refractivity contribution < 1.29 is 19.0 Å². The third-order valence-corrected chi connectivity index (χ3v) is 8.21. The summed E-state index contributed by atoms with van der Waals surface area (Å²) in [5.74, 6) is 0.805. The lowest BCUT2D eigenvalue weighted by Crippen LogP contribution is -2.21. The summed E-state index contributed by atoms with van der Waals surface area (Å²) in [6.45, 7) is 4.88. The molecule has 9 heteroatoms. The molecule has 1 atom stereocenters. The number of fused-ring (bicyclic) bond motifs is 2. The zero-order valence-electron chi connectivity index (χ0n) is 21.2. The van der Waals surface area contributed by atoms with E-state index in [0.29, 0.717) is 39.6 Å². The number of carbonyl (C=O) groups excluding carboxylic acids is 1. The third kappa shape index (κ3) is 5.55. The number of esters is 1. The van der Waals surface area contributed by atoms with Gasteiger partial charge in [0.05, 0.1) is 17.5 Å². The van der Waals surface area contributed by atoms with Gasteiger partial charge in [-0.15, -0.1) is 11.3 Å². The van der Waals surface area contributed by atoms with Gasteiger partial charge in [0.1, 0.15) is 33.8 Å². The summed E-state index contributed by atoms with van der Waals surface area (Å²) in [4.78, 5) is 13.3. The van der Waals surface area contributed by atoms with E-state index < -0.39 is 11.9 Å². The van der Waals surface area contributed by atoms with Gasteiger partial charge in [-0.05, 0) is 48.2 Å². The number of thiophene rings is 1. The van der Waals surface area contributed by atoms with Crippen LogP contribution in [0.5, 0.6) is 17.2 Å². The van der Waals surface area contributed by atoms with Crippen LogP contribution in [0.4, 0.5) is 0 Å². The summed E-state index contributed by atoms with van der Waals surface area (Å²) in [6.07, 6.45) is 0.933. The second-order valence-electron chi connectivity index (χ2n) is 9.50. The molecule has 2 N–H and O–H groups in total. The molecule has 0 aliphatic carbocycles. The molecule has 0 spiro atoms. The van der Waals surface area contributed by atoms with Crippen LogP contribution in [0.25, 0.3) is 10.1 Å². The number of nitrogens with zero attached hydrogens (tertiary/aromatic N) is 1. The average Bonchev–Trinajstić information content (AvgIpc) is 3.23. The number of carbonyl (C=O) groups is 1. The summed E-state index contributed by atoms with van der Waals surface area (Å²) in [5.41, 5.74) is 8.02. The van der Waals surface area contributed by atoms with E-state index in [1.165, 1.54) is 11.3 Å². The summed E-state index contributed by atoms with van der Waals surface area (Å²) >= 11 is 13.7. The highest BCUT2D eigenvalue weighted by Gasteiger charge is 2.31. The molecule has 4 aromatic rings. The zero-order valence-corrected chi connectivity index (χ0v) is 23.5. The predicted molar refractivity (Wildman–Crippen MR) is 154 cm³/mol. The van der Waals surface area contributed by atoms with Crippen LogP contribution >= 0.6 is 34.5 Å². The van der Waals surface area contributed by atoms with E-state index in [2.05, 4.69) is 19.9 Å². The van der Waals surface area contributed by atoms with Gasteiger partial charge in [-0.25, -0.2) is 4.79 Å². The zero-order chi connectivity index (χ0) is 27.7. The predicted octanol–water partition coefficient (Wildman–Crippen LogP) is 8.07. The highest BCUT2D eigenvalue weighted by molar-refractivity contribution is 7.21. The lowest BCUT2D eigenvalue weighted by atomic mass is 9.83. The van der Waals surface area contributed by atoms with Crippen molar-refractivity contribution in [1.82, 2.24) is 0 Å². The molecule has 2 heterocycles. The van der Waals surface area contributed by atoms with Crippen LogP contribution < -0.4 is 19.9 Å². The number of ether oxygens (including phenoxy) is 3. The van der Waals surface area contributed by atoms with Gasteiger partial charge < -0.3 is 19.9 Å². The van der Waals surface area contributed by atoms with Crippen molar-refractivity contribution in [3.05, 3.63) is 98.2 Å². The van der Waals surface area contributed by atoms with E-state index in [1.54, 1.807) is 36.4 Å². The highest BCUT2D eigenvalue weighted by Crippen LogP contribution is 2.44. The Bertz CT molecular complexity index is 1650. The second kappa shape index (κ2) is 11.2. The molecule has 0 radical (unpaired) electrons. The Morgan fingerprint density at radius 3 is 2.72 bits per heavy atom. The molecule has 0 saturated heterocycles. The molecule has 0 fully saturated rings. The van der Waals surface area contributed by atoms with Gasteiger partial charge >= 0.3 is 5.97 Å². The Kier molecular flexibility index (Phi) is 7.72. The maximum atomic E-state index is 13.0. The molecule has 39 heavy (non-hydrogen) atoms. The van der Waals surface area contributed by atoms with Gasteiger partial charge in [0.15, 0.2) is 0 Å². The molecule has 5 rings (SSSR count). The Morgan fingerprint density at radius 1 is 1.13 bits per heavy atom. The number of halogens is 2. The van der Waals surface area contributed by atoms with Crippen LogP contribution in [0.15, 0.2) is 72.1 Å². The molecule has 1 aromatic heterocycles. The van der Waals surface area contributed by atoms with Crippen molar-refractivity contribution >= 4 is 50.6 Å². The largest absolute Gasteiger partial charge is 0.494 e. The highest BCUT2D eigenvalue weighted by atomic mass is 35.5. The van der Waals surface area contributed by atoms with E-state index >= 15 is 0 Å². The lowest BCUT2D eigenvalue weighted by Gasteiger charge is -2.27. The summed E-state index contributed by atoms with van der Waals surface area (Å²) in [5, 5.41) is 11.5. The molecular formula is C30H24Cl2N2O4S. The van der Waals surface area contributed by atoms with Crippen LogP contribution in [0.3, 0.4) is 0 Å². The van der Waals surface area contributed by atoms with Crippen LogP contribution in [0.2, 0.25) is 10.0 Å². The molecule has 1 unspecified atom stereocenters. The van der Waals surface area contributed by atoms with Crippen LogP contribution in [0, 0.1) is 17.2 Å². The van der Waals surface area contributed by atoms with E-state index in [1.807, 2.05) is 24.3 Å². The minimum atomic E-state index is -0.600. The maximum absolute atomic E-state index is 13.0. The van der Waals surface area contributed by atoms with E-state index in [4.69, 9.17) is 43.1 Å². The molecule has 0 bridgehead atoms. The second-order valence-corrected chi connectivity index (χ2v) is 11.4. The first kappa shape index (κ1) is 26.9. The van der Waals surface area contributed by atoms with Crippen molar-refractivity contribution in [3.8, 4) is 23.3 Å². The van der Waals surface area contributed by atoms with Gasteiger partial charge in [0, 0.05) is 26.7 Å². The Labute approximate surface area is 240 Å². The quantitative estimate of drug-likeness (QED) is 0.176. The number of allylic oxidation sites excluding steroid dienone is 1. The van der Waals surface area contributed by atoms with Gasteiger partial charge in [-0.1, -0.05) is 61.3 Å². The van der Waals surface area contributed by atoms with Crippen molar-refractivity contribution in [3.63, 3.8) is 0 Å². The fraction of sp³-hybridized carbons (Fsp3) is 0.200. The molecule has 6 nitrogen and oxygen atoms in total. The first-order valence-corrected chi connectivity index (χ1v) is 13.9. The number of rotatable bonds is 7. The topological polar surface area (TPSA) is 94.6 Å². The lowest BCUT2D eigenvalue weighted by molar-refractivity contribution is 0.0740. The molecule has 198 valence electrons. The van der Waals surface area contributed by atoms with Gasteiger partial charge in [-0.2, -0.15) is 5.26 Å². The van der Waals surface area contributed by atoms with Crippen molar-refractivity contribution in [2.24, 2.45) is 11.7 Å². The Hall–Kier alpha value is -3.70. The van der Waals surface area contributed by atoms with Gasteiger partial charge in [-0.3, -0.25) is 0 Å². The summed E-state index contributed by atoms with van der Waals surface area (Å²) in [6, 6.07) is 20.1. The Morgan fingerprint density at radius 2 is 1.95 bits per heavy atom. The minimum absolute atomic E-state index is 0.00552. The first-order valence-electron chi connectivity index (χ1n) is 12.3. The molecular weight excluding hydrogens is 555 g/mol. The SMILES string of the molecule is CC(C)CCOc1cccc(C2C(C#N)=C(N)Oc3cc(OC(=O)c4sc5cc(Cl)ccc5c4Cl)ccc32)c1. The van der Waals surface area contributed by atoms with Crippen molar-refractivity contribution in [2.75, 3.05) is 6.61 Å². The van der Waals surface area contributed by atoms with Crippen molar-refractivity contribution in [2.45, 2.75) is 26.2 Å². The number of hydrogen-bond donors (Lipinski definition) is 1. The molecule has 1 aliphatic rings. The molecule has 0 amide bonds. The maximum Gasteiger partial charge on any atom is 0.355 e.